The van der Waals surface area contributed by atoms with Gasteiger partial charge in [-0.25, -0.2) is 9.97 Å². The van der Waals surface area contributed by atoms with Crippen LogP contribution < -0.4 is 10.6 Å². The smallest absolute Gasteiger partial charge is 0.254 e. The average Bonchev–Trinajstić information content (AvgIpc) is 2.48. The van der Waals surface area contributed by atoms with Crippen LogP contribution in [0, 0.1) is 0 Å². The maximum absolute atomic E-state index is 11.8. The highest BCUT2D eigenvalue weighted by molar-refractivity contribution is 5.93. The first-order valence-corrected chi connectivity index (χ1v) is 7.07. The third-order valence-corrected chi connectivity index (χ3v) is 2.95. The minimum atomic E-state index is -0.163. The molecule has 0 aliphatic carbocycles. The van der Waals surface area contributed by atoms with E-state index in [1.165, 1.54) is 18.0 Å². The van der Waals surface area contributed by atoms with Gasteiger partial charge in [-0.1, -0.05) is 19.1 Å². The molecule has 1 aromatic heterocycles. The molecule has 2 N–H and O–H groups in total. The Morgan fingerprint density at radius 3 is 2.29 bits per heavy atom. The quantitative estimate of drug-likeness (QED) is 0.886. The Kier molecular flexibility index (Phi) is 4.87. The van der Waals surface area contributed by atoms with E-state index >= 15 is 0 Å². The van der Waals surface area contributed by atoms with Crippen molar-refractivity contribution in [3.63, 3.8) is 0 Å². The van der Waals surface area contributed by atoms with Crippen LogP contribution in [0.15, 0.2) is 36.7 Å². The van der Waals surface area contributed by atoms with Crippen LogP contribution >= 0.6 is 0 Å². The van der Waals surface area contributed by atoms with E-state index < -0.39 is 0 Å². The zero-order valence-electron chi connectivity index (χ0n) is 12.6. The number of amides is 1. The fraction of sp³-hybridized carbons (Fsp3) is 0.312. The van der Waals surface area contributed by atoms with Crippen molar-refractivity contribution < 1.29 is 4.79 Å². The highest BCUT2D eigenvalue weighted by Gasteiger charge is 2.08. The molecule has 0 radical (unpaired) electrons. The maximum Gasteiger partial charge on any atom is 0.254 e. The van der Waals surface area contributed by atoms with Crippen molar-refractivity contribution in [2.75, 3.05) is 5.32 Å². The third-order valence-electron chi connectivity index (χ3n) is 2.95. The molecule has 5 heteroatoms. The number of anilines is 2. The summed E-state index contributed by atoms with van der Waals surface area (Å²) in [5.41, 5.74) is 2.66. The van der Waals surface area contributed by atoms with Gasteiger partial charge in [-0.3, -0.25) is 4.79 Å². The summed E-state index contributed by atoms with van der Waals surface area (Å²) in [6.07, 6.45) is 4.05. The van der Waals surface area contributed by atoms with Gasteiger partial charge in [0, 0.05) is 24.1 Å². The molecule has 21 heavy (non-hydrogen) atoms. The molecule has 2 rings (SSSR count). The summed E-state index contributed by atoms with van der Waals surface area (Å²) in [6.45, 7) is 5.94. The van der Waals surface area contributed by atoms with Crippen molar-refractivity contribution in [3.05, 3.63) is 47.8 Å². The van der Waals surface area contributed by atoms with Crippen molar-refractivity contribution in [2.24, 2.45) is 0 Å². The summed E-state index contributed by atoms with van der Waals surface area (Å²) in [7, 11) is 0. The number of benzene rings is 1. The summed E-state index contributed by atoms with van der Waals surface area (Å²) in [5, 5.41) is 5.91. The molecule has 0 aliphatic heterocycles. The SMILES string of the molecule is CCc1ccc(Nc2ncc(C(=O)NC(C)C)cn2)cc1. The first-order valence-electron chi connectivity index (χ1n) is 7.07. The van der Waals surface area contributed by atoms with E-state index in [1.54, 1.807) is 0 Å². The Morgan fingerprint density at radius 1 is 1.14 bits per heavy atom. The molecule has 0 saturated carbocycles. The summed E-state index contributed by atoms with van der Waals surface area (Å²) in [6, 6.07) is 8.19. The van der Waals surface area contributed by atoms with Crippen molar-refractivity contribution in [1.29, 1.82) is 0 Å². The number of carbonyl (C=O) groups excluding carboxylic acids is 1. The highest BCUT2D eigenvalue weighted by atomic mass is 16.1. The number of aromatic nitrogens is 2. The normalized spacial score (nSPS) is 10.5. The largest absolute Gasteiger partial charge is 0.350 e. The molecule has 0 bridgehead atoms. The van der Waals surface area contributed by atoms with Crippen molar-refractivity contribution in [1.82, 2.24) is 15.3 Å². The standard InChI is InChI=1S/C16H20N4O/c1-4-12-5-7-14(8-6-12)20-16-17-9-13(10-18-16)15(21)19-11(2)3/h5-11H,4H2,1-3H3,(H,19,21)(H,17,18,20). The second-order valence-corrected chi connectivity index (χ2v) is 5.10. The van der Waals surface area contributed by atoms with Gasteiger partial charge in [0.05, 0.1) is 5.56 Å². The predicted molar refractivity (Wildman–Crippen MR) is 83.7 cm³/mol. The predicted octanol–water partition coefficient (Wildman–Crippen LogP) is 2.92. The van der Waals surface area contributed by atoms with Crippen LogP contribution in [0.5, 0.6) is 0 Å². The molecule has 0 spiro atoms. The summed E-state index contributed by atoms with van der Waals surface area (Å²) >= 11 is 0. The molecule has 2 aromatic rings. The van der Waals surface area contributed by atoms with E-state index in [0.29, 0.717) is 11.5 Å². The van der Waals surface area contributed by atoms with Crippen molar-refractivity contribution >= 4 is 17.5 Å². The Bertz CT molecular complexity index is 591. The monoisotopic (exact) mass is 284 g/mol. The van der Waals surface area contributed by atoms with E-state index in [2.05, 4.69) is 39.7 Å². The Balaban J connectivity index is 2.03. The molecule has 0 aliphatic rings. The lowest BCUT2D eigenvalue weighted by Crippen LogP contribution is -2.30. The van der Waals surface area contributed by atoms with Crippen LogP contribution in [0.1, 0.15) is 36.7 Å². The van der Waals surface area contributed by atoms with Gasteiger partial charge < -0.3 is 10.6 Å². The summed E-state index contributed by atoms with van der Waals surface area (Å²) in [5.74, 6) is 0.309. The molecule has 1 heterocycles. The summed E-state index contributed by atoms with van der Waals surface area (Å²) < 4.78 is 0. The Hall–Kier alpha value is -2.43. The maximum atomic E-state index is 11.8. The van der Waals surface area contributed by atoms with Gasteiger partial charge in [-0.15, -0.1) is 0 Å². The van der Waals surface area contributed by atoms with Gasteiger partial charge >= 0.3 is 0 Å². The number of hydrogen-bond acceptors (Lipinski definition) is 4. The van der Waals surface area contributed by atoms with E-state index in [-0.39, 0.29) is 11.9 Å². The van der Waals surface area contributed by atoms with Crippen LogP contribution in [0.3, 0.4) is 0 Å². The van der Waals surface area contributed by atoms with Crippen LogP contribution in [0.4, 0.5) is 11.6 Å². The average molecular weight is 284 g/mol. The fourth-order valence-corrected chi connectivity index (χ4v) is 1.81. The van der Waals surface area contributed by atoms with Crippen LogP contribution in [0.25, 0.3) is 0 Å². The molecule has 1 amide bonds. The zero-order chi connectivity index (χ0) is 15.2. The van der Waals surface area contributed by atoms with Crippen molar-refractivity contribution in [2.45, 2.75) is 33.2 Å². The number of hydrogen-bond donors (Lipinski definition) is 2. The second kappa shape index (κ2) is 6.83. The lowest BCUT2D eigenvalue weighted by atomic mass is 10.1. The lowest BCUT2D eigenvalue weighted by Gasteiger charge is -2.09. The number of rotatable bonds is 5. The highest BCUT2D eigenvalue weighted by Crippen LogP contribution is 2.14. The minimum Gasteiger partial charge on any atom is -0.350 e. The fourth-order valence-electron chi connectivity index (χ4n) is 1.81. The first-order chi connectivity index (χ1) is 10.1. The summed E-state index contributed by atoms with van der Waals surface area (Å²) in [4.78, 5) is 20.1. The zero-order valence-corrected chi connectivity index (χ0v) is 12.6. The second-order valence-electron chi connectivity index (χ2n) is 5.10. The number of nitrogens with zero attached hydrogens (tertiary/aromatic N) is 2. The van der Waals surface area contributed by atoms with Crippen LogP contribution in [-0.4, -0.2) is 21.9 Å². The van der Waals surface area contributed by atoms with E-state index in [1.807, 2.05) is 26.0 Å². The molecule has 0 atom stereocenters. The van der Waals surface area contributed by atoms with Gasteiger partial charge in [0.25, 0.3) is 5.91 Å². The lowest BCUT2D eigenvalue weighted by molar-refractivity contribution is 0.0942. The first kappa shape index (κ1) is 15.0. The van der Waals surface area contributed by atoms with Gasteiger partial charge in [0.15, 0.2) is 0 Å². The van der Waals surface area contributed by atoms with Gasteiger partial charge in [0.2, 0.25) is 5.95 Å². The molecule has 5 nitrogen and oxygen atoms in total. The Morgan fingerprint density at radius 2 is 1.76 bits per heavy atom. The van der Waals surface area contributed by atoms with E-state index in [4.69, 9.17) is 0 Å². The molecular formula is C16H20N4O. The van der Waals surface area contributed by atoms with Gasteiger partial charge in [-0.2, -0.15) is 0 Å². The number of carbonyl (C=O) groups is 1. The topological polar surface area (TPSA) is 66.9 Å². The number of nitrogens with one attached hydrogen (secondary N) is 2. The molecule has 110 valence electrons. The van der Waals surface area contributed by atoms with Crippen LogP contribution in [-0.2, 0) is 6.42 Å². The molecule has 0 unspecified atom stereocenters. The minimum absolute atomic E-state index is 0.0902. The van der Waals surface area contributed by atoms with Gasteiger partial charge in [0.1, 0.15) is 0 Å². The Labute approximate surface area is 124 Å². The molecule has 1 aromatic carbocycles. The molecule has 0 saturated heterocycles. The van der Waals surface area contributed by atoms with Gasteiger partial charge in [-0.05, 0) is 38.0 Å². The van der Waals surface area contributed by atoms with E-state index in [9.17, 15) is 4.79 Å². The van der Waals surface area contributed by atoms with Crippen LogP contribution in [0.2, 0.25) is 0 Å². The number of aryl methyl sites for hydroxylation is 1. The third kappa shape index (κ3) is 4.27. The molecule has 0 fully saturated rings. The van der Waals surface area contributed by atoms with Crippen molar-refractivity contribution in [3.8, 4) is 0 Å². The molecular weight excluding hydrogens is 264 g/mol. The van der Waals surface area contributed by atoms with E-state index in [0.717, 1.165) is 12.1 Å².